The van der Waals surface area contributed by atoms with Crippen LogP contribution in [0.2, 0.25) is 0 Å². The molecule has 2 aromatic heterocycles. The molecule has 4 rings (SSSR count). The SMILES string of the molecule is O=C(O)c1cccc(CC2CCN(C(=O)c3cn4cccnc4n3)C2)c1. The number of fused-ring (bicyclic) bond motifs is 1. The van der Waals surface area contributed by atoms with Crippen LogP contribution >= 0.6 is 0 Å². The van der Waals surface area contributed by atoms with Crippen molar-refractivity contribution in [3.05, 3.63) is 65.7 Å². The Hall–Kier alpha value is -3.22. The van der Waals surface area contributed by atoms with Gasteiger partial charge in [-0.05, 0) is 42.5 Å². The number of rotatable bonds is 4. The molecular weight excluding hydrogens is 332 g/mol. The number of amides is 1. The summed E-state index contributed by atoms with van der Waals surface area (Å²) in [6.45, 7) is 1.33. The Morgan fingerprint density at radius 2 is 2.15 bits per heavy atom. The van der Waals surface area contributed by atoms with Crippen LogP contribution in [0, 0.1) is 5.92 Å². The number of carbonyl (C=O) groups is 2. The molecule has 1 saturated heterocycles. The smallest absolute Gasteiger partial charge is 0.335 e. The van der Waals surface area contributed by atoms with Crippen LogP contribution in [-0.2, 0) is 6.42 Å². The summed E-state index contributed by atoms with van der Waals surface area (Å²) >= 11 is 0. The van der Waals surface area contributed by atoms with Crippen molar-refractivity contribution in [1.29, 1.82) is 0 Å². The molecule has 1 amide bonds. The molecule has 1 aliphatic rings. The predicted molar refractivity (Wildman–Crippen MR) is 94.1 cm³/mol. The zero-order chi connectivity index (χ0) is 18.1. The van der Waals surface area contributed by atoms with Gasteiger partial charge in [-0.15, -0.1) is 0 Å². The minimum Gasteiger partial charge on any atom is -0.478 e. The summed E-state index contributed by atoms with van der Waals surface area (Å²) in [6.07, 6.45) is 6.82. The van der Waals surface area contributed by atoms with Crippen LogP contribution in [0.5, 0.6) is 0 Å². The van der Waals surface area contributed by atoms with Gasteiger partial charge in [0.05, 0.1) is 5.56 Å². The van der Waals surface area contributed by atoms with Crippen molar-refractivity contribution in [2.45, 2.75) is 12.8 Å². The summed E-state index contributed by atoms with van der Waals surface area (Å²) in [5, 5.41) is 9.10. The number of carboxylic acids is 1. The number of aromatic carboxylic acids is 1. The zero-order valence-electron chi connectivity index (χ0n) is 14.1. The summed E-state index contributed by atoms with van der Waals surface area (Å²) in [5.74, 6) is -0.178. The fourth-order valence-corrected chi connectivity index (χ4v) is 3.44. The van der Waals surface area contributed by atoms with Crippen LogP contribution in [-0.4, -0.2) is 49.3 Å². The predicted octanol–water partition coefficient (Wildman–Crippen LogP) is 2.13. The Balaban J connectivity index is 1.44. The van der Waals surface area contributed by atoms with Crippen LogP contribution in [0.25, 0.3) is 5.78 Å². The van der Waals surface area contributed by atoms with E-state index in [1.54, 1.807) is 41.1 Å². The van der Waals surface area contributed by atoms with Crippen LogP contribution in [0.1, 0.15) is 32.8 Å². The second-order valence-corrected chi connectivity index (χ2v) is 6.57. The Morgan fingerprint density at radius 1 is 1.27 bits per heavy atom. The maximum absolute atomic E-state index is 12.7. The summed E-state index contributed by atoms with van der Waals surface area (Å²) in [5.41, 5.74) is 1.68. The van der Waals surface area contributed by atoms with Gasteiger partial charge >= 0.3 is 5.97 Å². The van der Waals surface area contributed by atoms with Crippen molar-refractivity contribution in [1.82, 2.24) is 19.3 Å². The minimum absolute atomic E-state index is 0.0858. The van der Waals surface area contributed by atoms with Gasteiger partial charge in [0.15, 0.2) is 0 Å². The van der Waals surface area contributed by atoms with E-state index >= 15 is 0 Å². The van der Waals surface area contributed by atoms with E-state index in [0.717, 1.165) is 18.4 Å². The lowest BCUT2D eigenvalue weighted by Crippen LogP contribution is -2.29. The lowest BCUT2D eigenvalue weighted by Gasteiger charge is -2.15. The number of hydrogen-bond acceptors (Lipinski definition) is 4. The number of benzene rings is 1. The highest BCUT2D eigenvalue weighted by molar-refractivity contribution is 5.93. The highest BCUT2D eigenvalue weighted by Crippen LogP contribution is 2.23. The Labute approximate surface area is 149 Å². The molecule has 0 bridgehead atoms. The summed E-state index contributed by atoms with van der Waals surface area (Å²) in [7, 11) is 0. The fourth-order valence-electron chi connectivity index (χ4n) is 3.44. The van der Waals surface area contributed by atoms with Crippen molar-refractivity contribution >= 4 is 17.7 Å². The van der Waals surface area contributed by atoms with E-state index in [9.17, 15) is 9.59 Å². The second-order valence-electron chi connectivity index (χ2n) is 6.57. The maximum atomic E-state index is 12.7. The molecule has 132 valence electrons. The van der Waals surface area contributed by atoms with E-state index in [0.29, 0.717) is 36.0 Å². The van der Waals surface area contributed by atoms with Gasteiger partial charge < -0.3 is 10.0 Å². The molecule has 0 radical (unpaired) electrons. The average molecular weight is 350 g/mol. The largest absolute Gasteiger partial charge is 0.478 e. The van der Waals surface area contributed by atoms with Crippen molar-refractivity contribution < 1.29 is 14.7 Å². The molecule has 1 aromatic carbocycles. The Kier molecular flexibility index (Phi) is 4.12. The number of hydrogen-bond donors (Lipinski definition) is 1. The first-order valence-electron chi connectivity index (χ1n) is 8.51. The molecule has 3 heterocycles. The van der Waals surface area contributed by atoms with Gasteiger partial charge in [0.1, 0.15) is 5.69 Å². The normalized spacial score (nSPS) is 16.9. The first-order chi connectivity index (χ1) is 12.6. The van der Waals surface area contributed by atoms with Crippen LogP contribution in [0.15, 0.2) is 48.9 Å². The molecular formula is C19H18N4O3. The molecule has 7 heteroatoms. The van der Waals surface area contributed by atoms with E-state index in [1.807, 2.05) is 17.2 Å². The average Bonchev–Trinajstić information content (AvgIpc) is 3.28. The first-order valence-corrected chi connectivity index (χ1v) is 8.51. The monoisotopic (exact) mass is 350 g/mol. The molecule has 1 N–H and O–H groups in total. The van der Waals surface area contributed by atoms with E-state index in [2.05, 4.69) is 9.97 Å². The molecule has 0 saturated carbocycles. The maximum Gasteiger partial charge on any atom is 0.335 e. The summed E-state index contributed by atoms with van der Waals surface area (Å²) < 4.78 is 1.73. The number of carbonyl (C=O) groups excluding carboxylic acids is 1. The van der Waals surface area contributed by atoms with Crippen molar-refractivity contribution in [2.24, 2.45) is 5.92 Å². The van der Waals surface area contributed by atoms with Crippen LogP contribution in [0.3, 0.4) is 0 Å². The number of likely N-dealkylation sites (tertiary alicyclic amines) is 1. The van der Waals surface area contributed by atoms with Gasteiger partial charge in [-0.3, -0.25) is 9.20 Å². The van der Waals surface area contributed by atoms with Gasteiger partial charge in [-0.2, -0.15) is 0 Å². The van der Waals surface area contributed by atoms with Crippen molar-refractivity contribution in [3.63, 3.8) is 0 Å². The van der Waals surface area contributed by atoms with E-state index in [4.69, 9.17) is 5.11 Å². The van der Waals surface area contributed by atoms with Crippen molar-refractivity contribution in [3.8, 4) is 0 Å². The van der Waals surface area contributed by atoms with Crippen LogP contribution in [0.4, 0.5) is 0 Å². The fraction of sp³-hybridized carbons (Fsp3) is 0.263. The van der Waals surface area contributed by atoms with Crippen molar-refractivity contribution in [2.75, 3.05) is 13.1 Å². The number of nitrogens with zero attached hydrogens (tertiary/aromatic N) is 4. The Bertz CT molecular complexity index is 949. The molecule has 1 unspecified atom stereocenters. The molecule has 1 aliphatic heterocycles. The number of carboxylic acid groups (broad SMARTS) is 1. The molecule has 26 heavy (non-hydrogen) atoms. The third-order valence-corrected chi connectivity index (χ3v) is 4.73. The summed E-state index contributed by atoms with van der Waals surface area (Å²) in [6, 6.07) is 8.79. The van der Waals surface area contributed by atoms with Gasteiger partial charge in [0.25, 0.3) is 5.91 Å². The molecule has 7 nitrogen and oxygen atoms in total. The molecule has 1 fully saturated rings. The highest BCUT2D eigenvalue weighted by atomic mass is 16.4. The minimum atomic E-state index is -0.921. The molecule has 1 atom stereocenters. The summed E-state index contributed by atoms with van der Waals surface area (Å²) in [4.78, 5) is 34.0. The molecule has 3 aromatic rings. The molecule has 0 aliphatic carbocycles. The third kappa shape index (κ3) is 3.15. The zero-order valence-corrected chi connectivity index (χ0v) is 14.1. The second kappa shape index (κ2) is 6.59. The Morgan fingerprint density at radius 3 is 2.96 bits per heavy atom. The van der Waals surface area contributed by atoms with Crippen LogP contribution < -0.4 is 0 Å². The number of imidazole rings is 1. The van der Waals surface area contributed by atoms with Gasteiger partial charge in [0, 0.05) is 31.7 Å². The first kappa shape index (κ1) is 16.3. The van der Waals surface area contributed by atoms with E-state index < -0.39 is 5.97 Å². The topological polar surface area (TPSA) is 87.8 Å². The number of aromatic nitrogens is 3. The van der Waals surface area contributed by atoms with Gasteiger partial charge in [-0.25, -0.2) is 14.8 Å². The quantitative estimate of drug-likeness (QED) is 0.779. The molecule has 0 spiro atoms. The lowest BCUT2D eigenvalue weighted by molar-refractivity contribution is 0.0696. The van der Waals surface area contributed by atoms with E-state index in [1.165, 1.54) is 0 Å². The van der Waals surface area contributed by atoms with E-state index in [-0.39, 0.29) is 5.91 Å². The standard InChI is InChI=1S/C19H18N4O3/c24-17(16-12-23-7-2-6-20-19(23)21-16)22-8-5-14(11-22)9-13-3-1-4-15(10-13)18(25)26/h1-4,6-7,10,12,14H,5,8-9,11H2,(H,25,26). The lowest BCUT2D eigenvalue weighted by atomic mass is 9.97. The van der Waals surface area contributed by atoms with Gasteiger partial charge in [0.2, 0.25) is 5.78 Å². The third-order valence-electron chi connectivity index (χ3n) is 4.73. The highest BCUT2D eigenvalue weighted by Gasteiger charge is 2.28. The van der Waals surface area contributed by atoms with Gasteiger partial charge in [-0.1, -0.05) is 12.1 Å².